The van der Waals surface area contributed by atoms with E-state index in [0.29, 0.717) is 5.92 Å². The highest BCUT2D eigenvalue weighted by Gasteiger charge is 2.21. The summed E-state index contributed by atoms with van der Waals surface area (Å²) in [6.45, 7) is 5.33. The lowest BCUT2D eigenvalue weighted by molar-refractivity contribution is 0.295. The third kappa shape index (κ3) is 2.37. The van der Waals surface area contributed by atoms with Crippen LogP contribution >= 0.6 is 0 Å². The van der Waals surface area contributed by atoms with Gasteiger partial charge in [0.1, 0.15) is 0 Å². The van der Waals surface area contributed by atoms with Crippen LogP contribution in [0.4, 0.5) is 0 Å². The van der Waals surface area contributed by atoms with Crippen LogP contribution in [0.15, 0.2) is 4.52 Å². The summed E-state index contributed by atoms with van der Waals surface area (Å²) in [6.07, 6.45) is 4.67. The molecular formula is C11H19N3O. The van der Waals surface area contributed by atoms with Gasteiger partial charge in [-0.15, -0.1) is 0 Å². The van der Waals surface area contributed by atoms with E-state index in [2.05, 4.69) is 29.3 Å². The van der Waals surface area contributed by atoms with Gasteiger partial charge in [-0.05, 0) is 25.8 Å². The number of hydrogen-bond acceptors (Lipinski definition) is 4. The van der Waals surface area contributed by atoms with E-state index in [1.807, 2.05) is 0 Å². The Hall–Kier alpha value is -0.900. The van der Waals surface area contributed by atoms with Gasteiger partial charge in [0.2, 0.25) is 5.89 Å². The Kier molecular flexibility index (Phi) is 3.36. The number of piperidine rings is 1. The first-order valence-corrected chi connectivity index (χ1v) is 5.88. The number of hydrogen-bond donors (Lipinski definition) is 1. The van der Waals surface area contributed by atoms with Crippen LogP contribution < -0.4 is 5.32 Å². The standard InChI is InChI=1S/C11H19N3O/c1-3-8(2)10-13-11(15-14-10)9-6-4-5-7-12-9/h8-9,12H,3-7H2,1-2H3/t8-,9-/m1/s1. The molecule has 0 spiro atoms. The monoisotopic (exact) mass is 209 g/mol. The van der Waals surface area contributed by atoms with Crippen LogP contribution in [-0.2, 0) is 0 Å². The molecule has 4 heteroatoms. The van der Waals surface area contributed by atoms with E-state index in [1.54, 1.807) is 0 Å². The molecule has 1 aliphatic rings. The van der Waals surface area contributed by atoms with Crippen LogP contribution in [-0.4, -0.2) is 16.7 Å². The van der Waals surface area contributed by atoms with E-state index < -0.39 is 0 Å². The molecule has 0 aliphatic carbocycles. The van der Waals surface area contributed by atoms with Crippen molar-refractivity contribution in [3.8, 4) is 0 Å². The molecule has 0 bridgehead atoms. The molecule has 1 aromatic rings. The normalized spacial score (nSPS) is 24.0. The summed E-state index contributed by atoms with van der Waals surface area (Å²) in [5.74, 6) is 2.01. The minimum absolute atomic E-state index is 0.282. The first-order valence-electron chi connectivity index (χ1n) is 5.88. The Morgan fingerprint density at radius 1 is 1.53 bits per heavy atom. The van der Waals surface area contributed by atoms with Gasteiger partial charge in [0.05, 0.1) is 6.04 Å². The molecule has 84 valence electrons. The topological polar surface area (TPSA) is 51.0 Å². The van der Waals surface area contributed by atoms with E-state index in [4.69, 9.17) is 4.52 Å². The Bertz CT molecular complexity index is 305. The van der Waals surface area contributed by atoms with Gasteiger partial charge in [0, 0.05) is 5.92 Å². The number of nitrogens with zero attached hydrogens (tertiary/aromatic N) is 2. The zero-order valence-corrected chi connectivity index (χ0v) is 9.49. The Morgan fingerprint density at radius 2 is 2.40 bits per heavy atom. The molecule has 2 rings (SSSR count). The fourth-order valence-corrected chi connectivity index (χ4v) is 1.83. The van der Waals surface area contributed by atoms with Crippen molar-refractivity contribution < 1.29 is 4.52 Å². The van der Waals surface area contributed by atoms with Crippen LogP contribution in [0.1, 0.15) is 63.2 Å². The lowest BCUT2D eigenvalue weighted by Crippen LogP contribution is -2.27. The molecule has 15 heavy (non-hydrogen) atoms. The molecule has 0 amide bonds. The molecule has 2 heterocycles. The first kappa shape index (κ1) is 10.6. The molecule has 0 aromatic carbocycles. The maximum atomic E-state index is 5.30. The number of rotatable bonds is 3. The largest absolute Gasteiger partial charge is 0.338 e. The first-order chi connectivity index (χ1) is 7.31. The van der Waals surface area contributed by atoms with E-state index in [0.717, 1.165) is 31.1 Å². The second-order valence-electron chi connectivity index (χ2n) is 4.30. The maximum Gasteiger partial charge on any atom is 0.243 e. The highest BCUT2D eigenvalue weighted by atomic mass is 16.5. The summed E-state index contributed by atoms with van der Waals surface area (Å²) in [7, 11) is 0. The summed E-state index contributed by atoms with van der Waals surface area (Å²) < 4.78 is 5.30. The molecule has 1 aromatic heterocycles. The Labute approximate surface area is 90.4 Å². The molecule has 1 aliphatic heterocycles. The predicted molar refractivity (Wildman–Crippen MR) is 57.6 cm³/mol. The Balaban J connectivity index is 2.05. The predicted octanol–water partition coefficient (Wildman–Crippen LogP) is 2.40. The van der Waals surface area contributed by atoms with Crippen molar-refractivity contribution in [3.63, 3.8) is 0 Å². The fourth-order valence-electron chi connectivity index (χ4n) is 1.83. The van der Waals surface area contributed by atoms with E-state index in [-0.39, 0.29) is 6.04 Å². The van der Waals surface area contributed by atoms with Crippen molar-refractivity contribution in [2.45, 2.75) is 51.5 Å². The second-order valence-corrected chi connectivity index (χ2v) is 4.30. The van der Waals surface area contributed by atoms with Crippen molar-refractivity contribution in [2.24, 2.45) is 0 Å². The summed E-state index contributed by atoms with van der Waals surface area (Å²) in [6, 6.07) is 0.282. The lowest BCUT2D eigenvalue weighted by Gasteiger charge is -2.19. The zero-order valence-electron chi connectivity index (χ0n) is 9.49. The summed E-state index contributed by atoms with van der Waals surface area (Å²) in [5, 5.41) is 7.45. The van der Waals surface area contributed by atoms with Gasteiger partial charge in [-0.3, -0.25) is 0 Å². The molecule has 0 radical (unpaired) electrons. The zero-order chi connectivity index (χ0) is 10.7. The maximum absolute atomic E-state index is 5.30. The van der Waals surface area contributed by atoms with Crippen LogP contribution in [0.5, 0.6) is 0 Å². The van der Waals surface area contributed by atoms with E-state index in [9.17, 15) is 0 Å². The summed E-state index contributed by atoms with van der Waals surface area (Å²) >= 11 is 0. The van der Waals surface area contributed by atoms with Gasteiger partial charge in [-0.1, -0.05) is 25.4 Å². The minimum atomic E-state index is 0.282. The average molecular weight is 209 g/mol. The van der Waals surface area contributed by atoms with Gasteiger partial charge in [-0.2, -0.15) is 4.98 Å². The van der Waals surface area contributed by atoms with Crippen molar-refractivity contribution in [1.29, 1.82) is 0 Å². The highest BCUT2D eigenvalue weighted by molar-refractivity contribution is 4.97. The summed E-state index contributed by atoms with van der Waals surface area (Å²) in [5.41, 5.74) is 0. The van der Waals surface area contributed by atoms with Gasteiger partial charge < -0.3 is 9.84 Å². The van der Waals surface area contributed by atoms with E-state index in [1.165, 1.54) is 12.8 Å². The van der Waals surface area contributed by atoms with Crippen molar-refractivity contribution >= 4 is 0 Å². The average Bonchev–Trinajstić information content (AvgIpc) is 2.78. The number of aromatic nitrogens is 2. The molecule has 1 fully saturated rings. The highest BCUT2D eigenvalue weighted by Crippen LogP contribution is 2.23. The van der Waals surface area contributed by atoms with Gasteiger partial charge in [0.25, 0.3) is 0 Å². The van der Waals surface area contributed by atoms with Crippen molar-refractivity contribution in [2.75, 3.05) is 6.54 Å². The SMILES string of the molecule is CC[C@@H](C)c1noc([C@H]2CCCCN2)n1. The fraction of sp³-hybridized carbons (Fsp3) is 0.818. The van der Waals surface area contributed by atoms with Crippen molar-refractivity contribution in [1.82, 2.24) is 15.5 Å². The van der Waals surface area contributed by atoms with E-state index >= 15 is 0 Å². The van der Waals surface area contributed by atoms with Gasteiger partial charge >= 0.3 is 0 Å². The minimum Gasteiger partial charge on any atom is -0.338 e. The summed E-state index contributed by atoms with van der Waals surface area (Å²) in [4.78, 5) is 4.46. The molecule has 0 unspecified atom stereocenters. The molecule has 1 N–H and O–H groups in total. The second kappa shape index (κ2) is 4.75. The molecular weight excluding hydrogens is 190 g/mol. The van der Waals surface area contributed by atoms with Gasteiger partial charge in [-0.25, -0.2) is 0 Å². The number of nitrogens with one attached hydrogen (secondary N) is 1. The van der Waals surface area contributed by atoms with Gasteiger partial charge in [0.15, 0.2) is 5.82 Å². The van der Waals surface area contributed by atoms with Crippen molar-refractivity contribution in [3.05, 3.63) is 11.7 Å². The lowest BCUT2D eigenvalue weighted by atomic mass is 10.1. The van der Waals surface area contributed by atoms with Crippen LogP contribution in [0.3, 0.4) is 0 Å². The van der Waals surface area contributed by atoms with Crippen LogP contribution in [0, 0.1) is 0 Å². The molecule has 4 nitrogen and oxygen atoms in total. The smallest absolute Gasteiger partial charge is 0.243 e. The molecule has 0 saturated carbocycles. The quantitative estimate of drug-likeness (QED) is 0.830. The molecule has 1 saturated heterocycles. The Morgan fingerprint density at radius 3 is 3.07 bits per heavy atom. The van der Waals surface area contributed by atoms with Crippen LogP contribution in [0.25, 0.3) is 0 Å². The third-order valence-corrected chi connectivity index (χ3v) is 3.12. The molecule has 2 atom stereocenters. The third-order valence-electron chi connectivity index (χ3n) is 3.12. The van der Waals surface area contributed by atoms with Crippen LogP contribution in [0.2, 0.25) is 0 Å².